The third-order valence-electron chi connectivity index (χ3n) is 2.46. The predicted octanol–water partition coefficient (Wildman–Crippen LogP) is 3.32. The van der Waals surface area contributed by atoms with Crippen LogP contribution in [0.1, 0.15) is 19.8 Å². The summed E-state index contributed by atoms with van der Waals surface area (Å²) < 4.78 is 5.60. The first-order valence-electron chi connectivity index (χ1n) is 4.48. The number of rotatable bonds is 3. The summed E-state index contributed by atoms with van der Waals surface area (Å²) in [7, 11) is 0. The number of hydrogen-bond donors (Lipinski definition) is 0. The minimum absolute atomic E-state index is 0.402. The average molecular weight is 196 g/mol. The highest BCUT2D eigenvalue weighted by Crippen LogP contribution is 2.45. The molecule has 1 aromatic carbocycles. The molecule has 1 fully saturated rings. The van der Waals surface area contributed by atoms with Crippen LogP contribution >= 0.6 is 11.6 Å². The molecule has 2 heteroatoms. The minimum Gasteiger partial charge on any atom is -0.491 e. The number of ether oxygens (including phenoxy) is 1. The molecule has 13 heavy (non-hydrogen) atoms. The van der Waals surface area contributed by atoms with E-state index in [1.165, 1.54) is 12.8 Å². The van der Waals surface area contributed by atoms with E-state index in [-0.39, 0.29) is 0 Å². The van der Waals surface area contributed by atoms with Crippen molar-refractivity contribution in [1.29, 1.82) is 0 Å². The van der Waals surface area contributed by atoms with E-state index in [1.807, 2.05) is 0 Å². The van der Waals surface area contributed by atoms with Crippen LogP contribution in [0, 0.1) is 11.5 Å². The molecule has 1 aliphatic rings. The van der Waals surface area contributed by atoms with E-state index in [9.17, 15) is 0 Å². The first-order chi connectivity index (χ1) is 6.20. The van der Waals surface area contributed by atoms with Gasteiger partial charge in [-0.15, -0.1) is 0 Å². The van der Waals surface area contributed by atoms with Crippen LogP contribution in [0.4, 0.5) is 0 Å². The van der Waals surface area contributed by atoms with Gasteiger partial charge in [-0.2, -0.15) is 0 Å². The largest absolute Gasteiger partial charge is 0.491 e. The van der Waals surface area contributed by atoms with Crippen molar-refractivity contribution in [2.24, 2.45) is 5.41 Å². The number of hydrogen-bond acceptors (Lipinski definition) is 1. The molecule has 0 aromatic heterocycles. The standard InChI is InChI=1S/C11H12ClO/c1-11(6-7-11)8-13-10-5-3-2-4-9(10)12/h2,4-5H,6-8H2,1H3. The minimum atomic E-state index is 0.402. The van der Waals surface area contributed by atoms with Gasteiger partial charge >= 0.3 is 0 Å². The van der Waals surface area contributed by atoms with Gasteiger partial charge in [-0.25, -0.2) is 0 Å². The van der Waals surface area contributed by atoms with Crippen molar-refractivity contribution in [2.75, 3.05) is 6.61 Å². The molecule has 0 N–H and O–H groups in total. The molecule has 0 bridgehead atoms. The van der Waals surface area contributed by atoms with Crippen molar-refractivity contribution in [3.63, 3.8) is 0 Å². The van der Waals surface area contributed by atoms with Crippen molar-refractivity contribution >= 4 is 11.6 Å². The fourth-order valence-corrected chi connectivity index (χ4v) is 1.29. The second-order valence-electron chi connectivity index (χ2n) is 3.96. The highest BCUT2D eigenvalue weighted by Gasteiger charge is 2.38. The van der Waals surface area contributed by atoms with Crippen molar-refractivity contribution in [2.45, 2.75) is 19.8 Å². The van der Waals surface area contributed by atoms with Gasteiger partial charge in [0.15, 0.2) is 0 Å². The van der Waals surface area contributed by atoms with Gasteiger partial charge in [0, 0.05) is 5.41 Å². The molecule has 0 heterocycles. The molecular weight excluding hydrogens is 184 g/mol. The van der Waals surface area contributed by atoms with Gasteiger partial charge in [0.25, 0.3) is 0 Å². The lowest BCUT2D eigenvalue weighted by atomic mass is 10.2. The second kappa shape index (κ2) is 3.22. The Balaban J connectivity index is 1.97. The van der Waals surface area contributed by atoms with Crippen molar-refractivity contribution < 1.29 is 4.74 Å². The maximum atomic E-state index is 5.93. The molecule has 0 aliphatic heterocycles. The molecule has 0 amide bonds. The van der Waals surface area contributed by atoms with E-state index in [0.717, 1.165) is 12.4 Å². The normalized spacial score (nSPS) is 18.3. The molecule has 1 saturated carbocycles. The first-order valence-corrected chi connectivity index (χ1v) is 4.86. The smallest absolute Gasteiger partial charge is 0.138 e. The third-order valence-corrected chi connectivity index (χ3v) is 2.77. The summed E-state index contributed by atoms with van der Waals surface area (Å²) in [6.45, 7) is 3.00. The molecule has 1 nitrogen and oxygen atoms in total. The zero-order valence-electron chi connectivity index (χ0n) is 7.64. The van der Waals surface area contributed by atoms with Crippen LogP contribution in [0.25, 0.3) is 0 Å². The highest BCUT2D eigenvalue weighted by molar-refractivity contribution is 6.32. The zero-order valence-corrected chi connectivity index (χ0v) is 8.40. The summed E-state index contributed by atoms with van der Waals surface area (Å²) in [5.74, 6) is 0.747. The fraction of sp³-hybridized carbons (Fsp3) is 0.455. The van der Waals surface area contributed by atoms with E-state index in [0.29, 0.717) is 10.4 Å². The van der Waals surface area contributed by atoms with Gasteiger partial charge in [-0.05, 0) is 31.0 Å². The molecule has 69 valence electrons. The van der Waals surface area contributed by atoms with Crippen LogP contribution in [-0.4, -0.2) is 6.61 Å². The van der Waals surface area contributed by atoms with E-state index >= 15 is 0 Å². The lowest BCUT2D eigenvalue weighted by Crippen LogP contribution is -2.08. The Kier molecular flexibility index (Phi) is 2.20. The molecule has 0 saturated heterocycles. The highest BCUT2D eigenvalue weighted by atomic mass is 35.5. The lowest BCUT2D eigenvalue weighted by Gasteiger charge is -2.11. The summed E-state index contributed by atoms with van der Waals surface area (Å²) >= 11 is 5.93. The van der Waals surface area contributed by atoms with E-state index in [2.05, 4.69) is 13.0 Å². The van der Waals surface area contributed by atoms with Gasteiger partial charge in [0.1, 0.15) is 5.75 Å². The second-order valence-corrected chi connectivity index (χ2v) is 4.36. The summed E-state index contributed by atoms with van der Waals surface area (Å²) in [5.41, 5.74) is 0.402. The molecule has 0 atom stereocenters. The van der Waals surface area contributed by atoms with Gasteiger partial charge in [0.2, 0.25) is 0 Å². The van der Waals surface area contributed by atoms with Crippen molar-refractivity contribution in [3.8, 4) is 5.75 Å². The van der Waals surface area contributed by atoms with Crippen LogP contribution in [0.5, 0.6) is 5.75 Å². The molecule has 0 spiro atoms. The van der Waals surface area contributed by atoms with Gasteiger partial charge < -0.3 is 4.74 Å². The van der Waals surface area contributed by atoms with Crippen LogP contribution in [0.3, 0.4) is 0 Å². The Morgan fingerprint density at radius 2 is 2.38 bits per heavy atom. The summed E-state index contributed by atoms with van der Waals surface area (Å²) in [6.07, 6.45) is 2.53. The van der Waals surface area contributed by atoms with Crippen molar-refractivity contribution in [3.05, 3.63) is 29.3 Å². The van der Waals surface area contributed by atoms with E-state index < -0.39 is 0 Å². The maximum Gasteiger partial charge on any atom is 0.138 e. The third kappa shape index (κ3) is 2.16. The topological polar surface area (TPSA) is 9.23 Å². The summed E-state index contributed by atoms with van der Waals surface area (Å²) in [4.78, 5) is 0. The summed E-state index contributed by atoms with van der Waals surface area (Å²) in [5, 5.41) is 0.669. The Hall–Kier alpha value is -0.690. The van der Waals surface area contributed by atoms with Gasteiger partial charge in [-0.3, -0.25) is 0 Å². The Labute approximate surface area is 83.7 Å². The van der Waals surface area contributed by atoms with E-state index in [4.69, 9.17) is 16.3 Å². The monoisotopic (exact) mass is 195 g/mol. The Morgan fingerprint density at radius 3 is 3.00 bits per heavy atom. The molecule has 0 unspecified atom stereocenters. The SMILES string of the molecule is CC1(COc2c[c]ccc2Cl)CC1. The van der Waals surface area contributed by atoms with Crippen LogP contribution in [0.15, 0.2) is 18.2 Å². The number of benzene rings is 1. The maximum absolute atomic E-state index is 5.93. The molecule has 1 aliphatic carbocycles. The zero-order chi connectivity index (χ0) is 9.31. The fourth-order valence-electron chi connectivity index (χ4n) is 1.12. The Morgan fingerprint density at radius 1 is 1.62 bits per heavy atom. The van der Waals surface area contributed by atoms with E-state index in [1.54, 1.807) is 18.2 Å². The lowest BCUT2D eigenvalue weighted by molar-refractivity contribution is 0.247. The molecule has 2 rings (SSSR count). The Bertz CT molecular complexity index is 305. The molecule has 1 radical (unpaired) electrons. The van der Waals surface area contributed by atoms with Crippen LogP contribution < -0.4 is 4.74 Å². The molecule has 1 aromatic rings. The van der Waals surface area contributed by atoms with Crippen molar-refractivity contribution in [1.82, 2.24) is 0 Å². The van der Waals surface area contributed by atoms with Gasteiger partial charge in [0.05, 0.1) is 11.6 Å². The number of halogens is 1. The van der Waals surface area contributed by atoms with Gasteiger partial charge in [-0.1, -0.05) is 24.6 Å². The quantitative estimate of drug-likeness (QED) is 0.719. The average Bonchev–Trinajstić information content (AvgIpc) is 2.83. The molecular formula is C11H12ClO. The van der Waals surface area contributed by atoms with Crippen LogP contribution in [0.2, 0.25) is 5.02 Å². The summed E-state index contributed by atoms with van der Waals surface area (Å²) in [6, 6.07) is 8.32. The first kappa shape index (κ1) is 8.89. The predicted molar refractivity (Wildman–Crippen MR) is 53.1 cm³/mol. The van der Waals surface area contributed by atoms with Crippen LogP contribution in [-0.2, 0) is 0 Å².